The van der Waals surface area contributed by atoms with E-state index in [1.807, 2.05) is 18.2 Å². The Bertz CT molecular complexity index is 921. The number of H-pyrrole nitrogens is 1. The highest BCUT2D eigenvalue weighted by Crippen LogP contribution is 2.23. The second-order valence-electron chi connectivity index (χ2n) is 6.87. The Labute approximate surface area is 146 Å². The molecule has 25 heavy (non-hydrogen) atoms. The van der Waals surface area contributed by atoms with Gasteiger partial charge in [-0.05, 0) is 45.2 Å². The van der Waals surface area contributed by atoms with E-state index in [0.717, 1.165) is 47.4 Å². The topological polar surface area (TPSA) is 75.6 Å². The number of carbonyl (C=O) groups is 1. The molecule has 2 heterocycles. The number of carbonyl (C=O) groups excluding carboxylic acids is 1. The fourth-order valence-corrected chi connectivity index (χ4v) is 3.73. The fraction of sp³-hybridized carbons (Fsp3) is 0.421. The van der Waals surface area contributed by atoms with Crippen molar-refractivity contribution in [2.24, 2.45) is 0 Å². The van der Waals surface area contributed by atoms with Gasteiger partial charge in [0.1, 0.15) is 5.82 Å². The van der Waals surface area contributed by atoms with Crippen molar-refractivity contribution in [3.05, 3.63) is 47.0 Å². The zero-order chi connectivity index (χ0) is 17.4. The number of nitrogens with zero attached hydrogens (tertiary/aromatic N) is 3. The van der Waals surface area contributed by atoms with Gasteiger partial charge in [0.25, 0.3) is 5.91 Å². The number of imidazole rings is 1. The minimum atomic E-state index is -0.0911. The summed E-state index contributed by atoms with van der Waals surface area (Å²) in [5.74, 6) is 0.912. The summed E-state index contributed by atoms with van der Waals surface area (Å²) in [6, 6.07) is 8.49. The smallest absolute Gasteiger partial charge is 0.272 e. The number of amides is 1. The maximum atomic E-state index is 12.4. The summed E-state index contributed by atoms with van der Waals surface area (Å²) in [6.45, 7) is 4.86. The molecule has 0 spiro atoms. The Hall–Kier alpha value is -2.63. The summed E-state index contributed by atoms with van der Waals surface area (Å²) in [5.41, 5.74) is 4.91. The quantitative estimate of drug-likeness (QED) is 0.752. The zero-order valence-electron chi connectivity index (χ0n) is 14.7. The molecule has 1 amide bonds. The van der Waals surface area contributed by atoms with Gasteiger partial charge in [-0.3, -0.25) is 9.89 Å². The molecule has 0 saturated heterocycles. The van der Waals surface area contributed by atoms with E-state index in [2.05, 4.69) is 40.0 Å². The Morgan fingerprint density at radius 2 is 2.16 bits per heavy atom. The van der Waals surface area contributed by atoms with Crippen molar-refractivity contribution in [3.63, 3.8) is 0 Å². The van der Waals surface area contributed by atoms with Gasteiger partial charge >= 0.3 is 0 Å². The summed E-state index contributed by atoms with van der Waals surface area (Å²) in [7, 11) is 0. The maximum Gasteiger partial charge on any atom is 0.272 e. The molecular formula is C19H23N5O. The van der Waals surface area contributed by atoms with Gasteiger partial charge in [-0.1, -0.05) is 12.1 Å². The number of hydrogen-bond donors (Lipinski definition) is 2. The van der Waals surface area contributed by atoms with Crippen LogP contribution in [0.3, 0.4) is 0 Å². The third-order valence-corrected chi connectivity index (χ3v) is 4.84. The van der Waals surface area contributed by atoms with Crippen LogP contribution in [0.2, 0.25) is 0 Å². The summed E-state index contributed by atoms with van der Waals surface area (Å²) in [4.78, 5) is 17.2. The maximum absolute atomic E-state index is 12.4. The normalized spacial score (nSPS) is 13.6. The predicted octanol–water partition coefficient (Wildman–Crippen LogP) is 2.80. The predicted molar refractivity (Wildman–Crippen MR) is 96.8 cm³/mol. The van der Waals surface area contributed by atoms with Crippen molar-refractivity contribution in [1.29, 1.82) is 0 Å². The van der Waals surface area contributed by atoms with Crippen LogP contribution in [-0.4, -0.2) is 32.2 Å². The molecule has 6 nitrogen and oxygen atoms in total. The number of aromatic nitrogens is 4. The number of aromatic amines is 1. The molecule has 1 aliphatic carbocycles. The van der Waals surface area contributed by atoms with Crippen molar-refractivity contribution < 1.29 is 4.79 Å². The molecule has 0 fully saturated rings. The van der Waals surface area contributed by atoms with Crippen LogP contribution >= 0.6 is 0 Å². The molecule has 0 aliphatic heterocycles. The van der Waals surface area contributed by atoms with E-state index < -0.39 is 0 Å². The van der Waals surface area contributed by atoms with Crippen LogP contribution in [-0.2, 0) is 19.3 Å². The molecular weight excluding hydrogens is 314 g/mol. The highest BCUT2D eigenvalue weighted by atomic mass is 16.1. The summed E-state index contributed by atoms with van der Waals surface area (Å²) >= 11 is 0. The lowest BCUT2D eigenvalue weighted by Crippen LogP contribution is -2.27. The van der Waals surface area contributed by atoms with Crippen LogP contribution in [0.4, 0.5) is 0 Å². The van der Waals surface area contributed by atoms with Gasteiger partial charge in [-0.15, -0.1) is 0 Å². The van der Waals surface area contributed by atoms with Gasteiger partial charge in [-0.25, -0.2) is 4.98 Å². The van der Waals surface area contributed by atoms with Crippen molar-refractivity contribution >= 4 is 16.9 Å². The van der Waals surface area contributed by atoms with E-state index in [9.17, 15) is 4.79 Å². The van der Waals surface area contributed by atoms with E-state index in [1.54, 1.807) is 0 Å². The third kappa shape index (κ3) is 2.81. The van der Waals surface area contributed by atoms with E-state index in [-0.39, 0.29) is 5.91 Å². The first-order valence-corrected chi connectivity index (χ1v) is 8.95. The van der Waals surface area contributed by atoms with Crippen LogP contribution in [0, 0.1) is 0 Å². The molecule has 2 aromatic heterocycles. The second-order valence-corrected chi connectivity index (χ2v) is 6.87. The minimum absolute atomic E-state index is 0.0911. The molecule has 0 radical (unpaired) electrons. The van der Waals surface area contributed by atoms with Crippen LogP contribution in [0.25, 0.3) is 11.0 Å². The molecule has 0 unspecified atom stereocenters. The van der Waals surface area contributed by atoms with Crippen LogP contribution in [0.15, 0.2) is 24.3 Å². The van der Waals surface area contributed by atoms with Crippen molar-refractivity contribution in [1.82, 2.24) is 25.1 Å². The molecule has 4 rings (SSSR count). The van der Waals surface area contributed by atoms with E-state index >= 15 is 0 Å². The van der Waals surface area contributed by atoms with Gasteiger partial charge in [0.2, 0.25) is 0 Å². The molecule has 0 saturated carbocycles. The van der Waals surface area contributed by atoms with Gasteiger partial charge in [0.05, 0.1) is 11.0 Å². The Balaban J connectivity index is 1.47. The standard InChI is InChI=1S/C19H23N5O/c1-12(2)24-16-9-4-3-7-15(16)21-17(24)10-11-20-19(25)18-13-6-5-8-14(13)22-23-18/h3-4,7,9,12H,5-6,8,10-11H2,1-2H3,(H,20,25)(H,22,23). The summed E-state index contributed by atoms with van der Waals surface area (Å²) in [5, 5.41) is 10.2. The molecule has 1 aromatic carbocycles. The minimum Gasteiger partial charge on any atom is -0.350 e. The lowest BCUT2D eigenvalue weighted by Gasteiger charge is -2.13. The summed E-state index contributed by atoms with van der Waals surface area (Å²) < 4.78 is 2.24. The van der Waals surface area contributed by atoms with Crippen LogP contribution in [0.1, 0.15) is 53.9 Å². The van der Waals surface area contributed by atoms with Crippen molar-refractivity contribution in [2.45, 2.75) is 45.6 Å². The average Bonchev–Trinajstić information content (AvgIpc) is 3.27. The average molecular weight is 337 g/mol. The highest BCUT2D eigenvalue weighted by molar-refractivity contribution is 5.94. The molecule has 2 N–H and O–H groups in total. The first-order chi connectivity index (χ1) is 12.1. The SMILES string of the molecule is CC(C)n1c(CCNC(=O)c2n[nH]c3c2CCC3)nc2ccccc21. The number of para-hydroxylation sites is 2. The van der Waals surface area contributed by atoms with Gasteiger partial charge in [0.15, 0.2) is 5.69 Å². The molecule has 130 valence electrons. The lowest BCUT2D eigenvalue weighted by molar-refractivity contribution is 0.0948. The molecule has 0 bridgehead atoms. The fourth-order valence-electron chi connectivity index (χ4n) is 3.73. The van der Waals surface area contributed by atoms with Gasteiger partial charge in [0, 0.05) is 30.3 Å². The Morgan fingerprint density at radius 3 is 3.00 bits per heavy atom. The number of hydrogen-bond acceptors (Lipinski definition) is 3. The monoisotopic (exact) mass is 337 g/mol. The number of nitrogens with one attached hydrogen (secondary N) is 2. The van der Waals surface area contributed by atoms with Crippen LogP contribution in [0.5, 0.6) is 0 Å². The lowest BCUT2D eigenvalue weighted by atomic mass is 10.2. The zero-order valence-corrected chi connectivity index (χ0v) is 14.7. The van der Waals surface area contributed by atoms with Crippen molar-refractivity contribution in [3.8, 4) is 0 Å². The summed E-state index contributed by atoms with van der Waals surface area (Å²) in [6.07, 6.45) is 3.74. The van der Waals surface area contributed by atoms with E-state index in [4.69, 9.17) is 4.98 Å². The van der Waals surface area contributed by atoms with Gasteiger partial charge < -0.3 is 9.88 Å². The molecule has 0 atom stereocenters. The Kier molecular flexibility index (Phi) is 4.03. The number of fused-ring (bicyclic) bond motifs is 2. The Morgan fingerprint density at radius 1 is 1.32 bits per heavy atom. The second kappa shape index (κ2) is 6.35. The number of benzene rings is 1. The van der Waals surface area contributed by atoms with Gasteiger partial charge in [-0.2, -0.15) is 5.10 Å². The molecule has 3 aromatic rings. The largest absolute Gasteiger partial charge is 0.350 e. The first-order valence-electron chi connectivity index (χ1n) is 8.95. The van der Waals surface area contributed by atoms with Crippen LogP contribution < -0.4 is 5.32 Å². The highest BCUT2D eigenvalue weighted by Gasteiger charge is 2.23. The molecule has 6 heteroatoms. The third-order valence-electron chi connectivity index (χ3n) is 4.84. The number of aryl methyl sites for hydroxylation is 1. The molecule has 1 aliphatic rings. The van der Waals surface area contributed by atoms with Crippen molar-refractivity contribution in [2.75, 3.05) is 6.54 Å². The van der Waals surface area contributed by atoms with E-state index in [0.29, 0.717) is 24.7 Å². The first kappa shape index (κ1) is 15.9. The number of rotatable bonds is 5. The van der Waals surface area contributed by atoms with E-state index in [1.165, 1.54) is 0 Å².